The van der Waals surface area contributed by atoms with E-state index in [0.29, 0.717) is 5.69 Å². The Hall–Kier alpha value is -1.04. The van der Waals surface area contributed by atoms with Crippen molar-refractivity contribution in [1.29, 1.82) is 0 Å². The van der Waals surface area contributed by atoms with E-state index in [1.807, 2.05) is 6.07 Å². The third kappa shape index (κ3) is 1.39. The lowest BCUT2D eigenvalue weighted by atomic mass is 10.2. The van der Waals surface area contributed by atoms with Gasteiger partial charge in [0.1, 0.15) is 0 Å². The van der Waals surface area contributed by atoms with Crippen molar-refractivity contribution in [1.82, 2.24) is 10.2 Å². The number of azide groups is 1. The van der Waals surface area contributed by atoms with E-state index >= 15 is 0 Å². The minimum Gasteiger partial charge on any atom is -0.277 e. The SMILES string of the molecule is [N-]=[N+]=Nc1c(Br)cc(Br)c2[nH]ncc12. The second kappa shape index (κ2) is 3.61. The molecule has 1 aromatic heterocycles. The highest BCUT2D eigenvalue weighted by atomic mass is 79.9. The van der Waals surface area contributed by atoms with Gasteiger partial charge in [0.15, 0.2) is 0 Å². The molecule has 0 saturated carbocycles. The summed E-state index contributed by atoms with van der Waals surface area (Å²) < 4.78 is 1.60. The predicted molar refractivity (Wildman–Crippen MR) is 60.3 cm³/mol. The third-order valence-electron chi connectivity index (χ3n) is 1.76. The number of benzene rings is 1. The van der Waals surface area contributed by atoms with Crippen molar-refractivity contribution < 1.29 is 0 Å². The molecular formula is C7H3Br2N5. The number of rotatable bonds is 1. The molecule has 1 aromatic carbocycles. The molecule has 5 nitrogen and oxygen atoms in total. The molecule has 70 valence electrons. The fourth-order valence-corrected chi connectivity index (χ4v) is 2.53. The Bertz CT molecular complexity index is 540. The van der Waals surface area contributed by atoms with Gasteiger partial charge in [-0.15, -0.1) is 0 Å². The Kier molecular flexibility index (Phi) is 2.45. The quantitative estimate of drug-likeness (QED) is 0.481. The maximum atomic E-state index is 8.41. The molecule has 0 radical (unpaired) electrons. The molecule has 0 bridgehead atoms. The highest BCUT2D eigenvalue weighted by Gasteiger charge is 2.09. The summed E-state index contributed by atoms with van der Waals surface area (Å²) in [6.45, 7) is 0. The summed E-state index contributed by atoms with van der Waals surface area (Å²) in [6, 6.07) is 1.81. The first-order chi connectivity index (χ1) is 6.74. The van der Waals surface area contributed by atoms with E-state index in [1.54, 1.807) is 6.20 Å². The van der Waals surface area contributed by atoms with Crippen LogP contribution in [0.15, 0.2) is 26.3 Å². The standard InChI is InChI=1S/C7H3Br2N5/c8-4-1-5(9)7(13-14-10)3-2-11-12-6(3)4/h1-2H,(H,11,12). The molecule has 1 heterocycles. The van der Waals surface area contributed by atoms with Crippen molar-refractivity contribution in [2.24, 2.45) is 5.11 Å². The zero-order chi connectivity index (χ0) is 10.1. The van der Waals surface area contributed by atoms with Gasteiger partial charge in [-0.05, 0) is 27.5 Å². The third-order valence-corrected chi connectivity index (χ3v) is 2.99. The number of hydrogen-bond donors (Lipinski definition) is 1. The molecule has 0 unspecified atom stereocenters. The average molecular weight is 317 g/mol. The van der Waals surface area contributed by atoms with Gasteiger partial charge < -0.3 is 0 Å². The lowest BCUT2D eigenvalue weighted by molar-refractivity contribution is 1.12. The van der Waals surface area contributed by atoms with E-state index < -0.39 is 0 Å². The van der Waals surface area contributed by atoms with Crippen LogP contribution in [0.2, 0.25) is 0 Å². The van der Waals surface area contributed by atoms with Gasteiger partial charge in [-0.2, -0.15) is 5.10 Å². The van der Waals surface area contributed by atoms with Crippen LogP contribution in [0.3, 0.4) is 0 Å². The minimum atomic E-state index is 0.541. The first kappa shape index (κ1) is 9.51. The summed E-state index contributed by atoms with van der Waals surface area (Å²) in [7, 11) is 0. The van der Waals surface area contributed by atoms with Gasteiger partial charge in [-0.1, -0.05) is 21.0 Å². The second-order valence-corrected chi connectivity index (χ2v) is 4.25. The summed E-state index contributed by atoms with van der Waals surface area (Å²) in [5.41, 5.74) is 9.76. The molecule has 0 amide bonds. The van der Waals surface area contributed by atoms with Crippen molar-refractivity contribution in [3.8, 4) is 0 Å². The number of fused-ring (bicyclic) bond motifs is 1. The fourth-order valence-electron chi connectivity index (χ4n) is 1.17. The Labute approximate surface area is 95.4 Å². The van der Waals surface area contributed by atoms with Crippen LogP contribution in [-0.4, -0.2) is 10.2 Å². The van der Waals surface area contributed by atoms with E-state index in [1.165, 1.54) is 0 Å². The Morgan fingerprint density at radius 2 is 2.21 bits per heavy atom. The van der Waals surface area contributed by atoms with E-state index in [-0.39, 0.29) is 0 Å². The summed E-state index contributed by atoms with van der Waals surface area (Å²) >= 11 is 6.69. The number of H-pyrrole nitrogens is 1. The van der Waals surface area contributed by atoms with Crippen LogP contribution in [0.5, 0.6) is 0 Å². The monoisotopic (exact) mass is 315 g/mol. The van der Waals surface area contributed by atoms with Crippen LogP contribution in [0.4, 0.5) is 5.69 Å². The molecule has 14 heavy (non-hydrogen) atoms. The number of nitrogens with zero attached hydrogens (tertiary/aromatic N) is 4. The zero-order valence-electron chi connectivity index (χ0n) is 6.70. The van der Waals surface area contributed by atoms with E-state index in [4.69, 9.17) is 5.53 Å². The number of hydrogen-bond acceptors (Lipinski definition) is 2. The molecule has 1 N–H and O–H groups in total. The summed E-state index contributed by atoms with van der Waals surface area (Å²) in [5.74, 6) is 0. The topological polar surface area (TPSA) is 77.4 Å². The molecule has 2 rings (SSSR count). The van der Waals surface area contributed by atoms with Crippen LogP contribution >= 0.6 is 31.9 Å². The highest BCUT2D eigenvalue weighted by molar-refractivity contribution is 9.11. The zero-order valence-corrected chi connectivity index (χ0v) is 9.87. The molecule has 0 aliphatic carbocycles. The number of nitrogens with one attached hydrogen (secondary N) is 1. The van der Waals surface area contributed by atoms with E-state index in [0.717, 1.165) is 19.8 Å². The summed E-state index contributed by atoms with van der Waals surface area (Å²) in [5, 5.41) is 11.1. The van der Waals surface area contributed by atoms with Crippen molar-refractivity contribution >= 4 is 48.5 Å². The smallest absolute Gasteiger partial charge is 0.0797 e. The molecule has 0 atom stereocenters. The molecule has 0 aliphatic heterocycles. The van der Waals surface area contributed by atoms with Crippen LogP contribution in [0.1, 0.15) is 0 Å². The summed E-state index contributed by atoms with van der Waals surface area (Å²) in [6.07, 6.45) is 1.62. The van der Waals surface area contributed by atoms with Gasteiger partial charge in [0.2, 0.25) is 0 Å². The lowest BCUT2D eigenvalue weighted by Gasteiger charge is -2.00. The lowest BCUT2D eigenvalue weighted by Crippen LogP contribution is -1.74. The van der Waals surface area contributed by atoms with Gasteiger partial charge >= 0.3 is 0 Å². The molecule has 2 aromatic rings. The van der Waals surface area contributed by atoms with Crippen molar-refractivity contribution in [3.05, 3.63) is 31.7 Å². The second-order valence-electron chi connectivity index (χ2n) is 2.54. The van der Waals surface area contributed by atoms with E-state index in [2.05, 4.69) is 52.1 Å². The Morgan fingerprint density at radius 1 is 1.43 bits per heavy atom. The van der Waals surface area contributed by atoms with Gasteiger partial charge in [0, 0.05) is 19.2 Å². The fraction of sp³-hybridized carbons (Fsp3) is 0. The van der Waals surface area contributed by atoms with Crippen molar-refractivity contribution in [2.45, 2.75) is 0 Å². The Morgan fingerprint density at radius 3 is 2.93 bits per heavy atom. The number of halogens is 2. The van der Waals surface area contributed by atoms with Gasteiger partial charge in [0.05, 0.1) is 17.4 Å². The van der Waals surface area contributed by atoms with E-state index in [9.17, 15) is 0 Å². The van der Waals surface area contributed by atoms with Crippen LogP contribution < -0.4 is 0 Å². The van der Waals surface area contributed by atoms with Crippen molar-refractivity contribution in [2.75, 3.05) is 0 Å². The van der Waals surface area contributed by atoms with Crippen LogP contribution in [0, 0.1) is 0 Å². The van der Waals surface area contributed by atoms with Crippen LogP contribution in [0.25, 0.3) is 21.3 Å². The molecule has 0 saturated heterocycles. The van der Waals surface area contributed by atoms with Crippen molar-refractivity contribution in [3.63, 3.8) is 0 Å². The summed E-state index contributed by atoms with van der Waals surface area (Å²) in [4.78, 5) is 2.76. The molecule has 0 aliphatic rings. The molecule has 7 heteroatoms. The van der Waals surface area contributed by atoms with Gasteiger partial charge in [-0.3, -0.25) is 5.10 Å². The largest absolute Gasteiger partial charge is 0.277 e. The van der Waals surface area contributed by atoms with Gasteiger partial charge in [-0.25, -0.2) is 0 Å². The molecular weight excluding hydrogens is 314 g/mol. The maximum Gasteiger partial charge on any atom is 0.0797 e. The normalized spacial score (nSPS) is 10.1. The van der Waals surface area contributed by atoms with Crippen LogP contribution in [-0.2, 0) is 0 Å². The number of aromatic nitrogens is 2. The minimum absolute atomic E-state index is 0.541. The Balaban J connectivity index is 2.92. The first-order valence-electron chi connectivity index (χ1n) is 3.60. The predicted octanol–water partition coefficient (Wildman–Crippen LogP) is 4.03. The highest BCUT2D eigenvalue weighted by Crippen LogP contribution is 2.37. The number of aromatic amines is 1. The molecule has 0 fully saturated rings. The average Bonchev–Trinajstić information content (AvgIpc) is 2.60. The molecule has 0 spiro atoms. The maximum absolute atomic E-state index is 8.41. The van der Waals surface area contributed by atoms with Gasteiger partial charge in [0.25, 0.3) is 0 Å². The first-order valence-corrected chi connectivity index (χ1v) is 5.19.